The van der Waals surface area contributed by atoms with Crippen molar-refractivity contribution >= 4 is 23.2 Å². The van der Waals surface area contributed by atoms with Crippen molar-refractivity contribution in [3.8, 4) is 0 Å². The van der Waals surface area contributed by atoms with Gasteiger partial charge in [-0.3, -0.25) is 0 Å². The van der Waals surface area contributed by atoms with E-state index in [2.05, 4.69) is 0 Å². The molecule has 0 spiro atoms. The summed E-state index contributed by atoms with van der Waals surface area (Å²) >= 11 is 11.5. The molecule has 0 aliphatic heterocycles. The van der Waals surface area contributed by atoms with E-state index in [1.54, 1.807) is 25.1 Å². The zero-order valence-electron chi connectivity index (χ0n) is 10.9. The van der Waals surface area contributed by atoms with E-state index in [0.717, 1.165) is 5.56 Å². The Kier molecular flexibility index (Phi) is 4.35. The van der Waals surface area contributed by atoms with E-state index in [4.69, 9.17) is 34.7 Å². The summed E-state index contributed by atoms with van der Waals surface area (Å²) in [5.41, 5.74) is 13.1. The van der Waals surface area contributed by atoms with Crippen LogP contribution >= 0.6 is 23.2 Å². The van der Waals surface area contributed by atoms with E-state index in [1.165, 1.54) is 12.1 Å². The molecule has 0 saturated heterocycles. The predicted molar refractivity (Wildman–Crippen MR) is 81.3 cm³/mol. The van der Waals surface area contributed by atoms with Gasteiger partial charge >= 0.3 is 0 Å². The molecule has 2 atom stereocenters. The van der Waals surface area contributed by atoms with Gasteiger partial charge in [0.25, 0.3) is 0 Å². The highest BCUT2D eigenvalue weighted by Crippen LogP contribution is 2.32. The summed E-state index contributed by atoms with van der Waals surface area (Å²) < 4.78 is 13.5. The van der Waals surface area contributed by atoms with E-state index in [0.29, 0.717) is 10.6 Å². The van der Waals surface area contributed by atoms with E-state index in [-0.39, 0.29) is 5.02 Å². The highest BCUT2D eigenvalue weighted by atomic mass is 35.5. The molecule has 0 heterocycles. The number of halogens is 3. The lowest BCUT2D eigenvalue weighted by atomic mass is 9.82. The lowest BCUT2D eigenvalue weighted by Crippen LogP contribution is -2.44. The van der Waals surface area contributed by atoms with Crippen LogP contribution in [0.25, 0.3) is 0 Å². The molecule has 5 heteroatoms. The Hall–Kier alpha value is -1.13. The summed E-state index contributed by atoms with van der Waals surface area (Å²) in [4.78, 5) is 0. The van der Waals surface area contributed by atoms with E-state index >= 15 is 0 Å². The lowest BCUT2D eigenvalue weighted by Gasteiger charge is -2.32. The van der Waals surface area contributed by atoms with E-state index < -0.39 is 17.4 Å². The number of rotatable bonds is 3. The molecule has 0 aromatic heterocycles. The van der Waals surface area contributed by atoms with Crippen molar-refractivity contribution in [2.75, 3.05) is 0 Å². The maximum absolute atomic E-state index is 13.5. The van der Waals surface area contributed by atoms with Crippen LogP contribution in [-0.2, 0) is 5.54 Å². The van der Waals surface area contributed by atoms with Crippen molar-refractivity contribution in [1.29, 1.82) is 0 Å². The summed E-state index contributed by atoms with van der Waals surface area (Å²) in [5, 5.41) is 0.682. The van der Waals surface area contributed by atoms with Crippen LogP contribution in [0.5, 0.6) is 0 Å². The third kappa shape index (κ3) is 2.96. The van der Waals surface area contributed by atoms with Crippen LogP contribution in [0.4, 0.5) is 4.39 Å². The van der Waals surface area contributed by atoms with Crippen molar-refractivity contribution in [3.05, 3.63) is 69.5 Å². The van der Waals surface area contributed by atoms with Crippen LogP contribution in [0.15, 0.2) is 42.5 Å². The molecule has 0 aliphatic rings. The minimum atomic E-state index is -0.856. The van der Waals surface area contributed by atoms with Crippen molar-refractivity contribution in [2.45, 2.75) is 18.5 Å². The first kappa shape index (κ1) is 15.3. The first-order valence-corrected chi connectivity index (χ1v) is 6.83. The van der Waals surface area contributed by atoms with Crippen molar-refractivity contribution < 1.29 is 4.39 Å². The summed E-state index contributed by atoms with van der Waals surface area (Å²) in [6.45, 7) is 1.80. The quantitative estimate of drug-likeness (QED) is 0.899. The van der Waals surface area contributed by atoms with Crippen molar-refractivity contribution in [3.63, 3.8) is 0 Å². The third-order valence-electron chi connectivity index (χ3n) is 3.42. The second-order valence-electron chi connectivity index (χ2n) is 4.94. The fourth-order valence-corrected chi connectivity index (χ4v) is 2.28. The van der Waals surface area contributed by atoms with Crippen LogP contribution in [0.1, 0.15) is 24.1 Å². The van der Waals surface area contributed by atoms with Gasteiger partial charge in [-0.1, -0.05) is 41.4 Å². The molecule has 2 aromatic rings. The molecule has 0 radical (unpaired) electrons. The SMILES string of the molecule is CC(N)(c1ccc(Cl)cc1)C(N)c1ccc(Cl)c(F)c1. The zero-order chi connectivity index (χ0) is 14.9. The summed E-state index contributed by atoms with van der Waals surface area (Å²) in [6, 6.07) is 11.0. The van der Waals surface area contributed by atoms with Crippen LogP contribution in [-0.4, -0.2) is 0 Å². The maximum atomic E-state index is 13.5. The Balaban J connectivity index is 2.37. The third-order valence-corrected chi connectivity index (χ3v) is 3.97. The normalized spacial score (nSPS) is 15.7. The van der Waals surface area contributed by atoms with Gasteiger partial charge in [0.2, 0.25) is 0 Å². The summed E-state index contributed by atoms with van der Waals surface area (Å²) in [5.74, 6) is -0.508. The molecule has 2 unspecified atom stereocenters. The number of nitrogens with two attached hydrogens (primary N) is 2. The monoisotopic (exact) mass is 312 g/mol. The Morgan fingerprint density at radius 2 is 1.70 bits per heavy atom. The van der Waals surface area contributed by atoms with E-state index in [9.17, 15) is 4.39 Å². The molecule has 0 saturated carbocycles. The highest BCUT2D eigenvalue weighted by molar-refractivity contribution is 6.30. The summed E-state index contributed by atoms with van der Waals surface area (Å²) in [6.07, 6.45) is 0. The number of hydrogen-bond acceptors (Lipinski definition) is 2. The topological polar surface area (TPSA) is 52.0 Å². The largest absolute Gasteiger partial charge is 0.322 e. The Labute approximate surface area is 127 Å². The fraction of sp³-hybridized carbons (Fsp3) is 0.200. The van der Waals surface area contributed by atoms with Crippen LogP contribution in [0.3, 0.4) is 0 Å². The zero-order valence-corrected chi connectivity index (χ0v) is 12.4. The molecule has 0 fully saturated rings. The average molecular weight is 313 g/mol. The molecule has 0 bridgehead atoms. The molecule has 0 amide bonds. The Bertz CT molecular complexity index is 612. The smallest absolute Gasteiger partial charge is 0.142 e. The summed E-state index contributed by atoms with van der Waals surface area (Å²) in [7, 11) is 0. The lowest BCUT2D eigenvalue weighted by molar-refractivity contribution is 0.396. The minimum absolute atomic E-state index is 0.0613. The van der Waals surface area contributed by atoms with Gasteiger partial charge in [-0.25, -0.2) is 4.39 Å². The van der Waals surface area contributed by atoms with Gasteiger partial charge in [-0.15, -0.1) is 0 Å². The van der Waals surface area contributed by atoms with E-state index in [1.807, 2.05) is 12.1 Å². The van der Waals surface area contributed by atoms with Gasteiger partial charge in [-0.2, -0.15) is 0 Å². The van der Waals surface area contributed by atoms with Crippen molar-refractivity contribution in [1.82, 2.24) is 0 Å². The Morgan fingerprint density at radius 1 is 1.10 bits per heavy atom. The highest BCUT2D eigenvalue weighted by Gasteiger charge is 2.30. The van der Waals surface area contributed by atoms with Gasteiger partial charge < -0.3 is 11.5 Å². The van der Waals surface area contributed by atoms with Crippen LogP contribution < -0.4 is 11.5 Å². The van der Waals surface area contributed by atoms with Gasteiger partial charge in [-0.05, 0) is 42.3 Å². The van der Waals surface area contributed by atoms with Gasteiger partial charge in [0, 0.05) is 5.02 Å². The maximum Gasteiger partial charge on any atom is 0.142 e. The fourth-order valence-electron chi connectivity index (χ4n) is 2.04. The van der Waals surface area contributed by atoms with Crippen molar-refractivity contribution in [2.24, 2.45) is 11.5 Å². The first-order chi connectivity index (χ1) is 9.32. The first-order valence-electron chi connectivity index (χ1n) is 6.08. The van der Waals surface area contributed by atoms with Gasteiger partial charge in [0.15, 0.2) is 0 Å². The molecule has 2 aromatic carbocycles. The minimum Gasteiger partial charge on any atom is -0.322 e. The van der Waals surface area contributed by atoms with Gasteiger partial charge in [0.1, 0.15) is 5.82 Å². The molecule has 20 heavy (non-hydrogen) atoms. The molecular formula is C15H15Cl2FN2. The average Bonchev–Trinajstić information content (AvgIpc) is 2.41. The second-order valence-corrected chi connectivity index (χ2v) is 5.78. The Morgan fingerprint density at radius 3 is 2.25 bits per heavy atom. The standard InChI is InChI=1S/C15H15Cl2FN2/c1-15(20,10-3-5-11(16)6-4-10)14(19)9-2-7-12(17)13(18)8-9/h2-8,14H,19-20H2,1H3. The van der Waals surface area contributed by atoms with Crippen LogP contribution in [0.2, 0.25) is 10.0 Å². The molecular weight excluding hydrogens is 298 g/mol. The van der Waals surface area contributed by atoms with Crippen LogP contribution in [0, 0.1) is 5.82 Å². The predicted octanol–water partition coefficient (Wildman–Crippen LogP) is 4.01. The van der Waals surface area contributed by atoms with Gasteiger partial charge in [0.05, 0.1) is 16.6 Å². The molecule has 2 nitrogen and oxygen atoms in total. The number of hydrogen-bond donors (Lipinski definition) is 2. The molecule has 0 aliphatic carbocycles. The molecule has 2 rings (SSSR count). The number of benzene rings is 2. The second kappa shape index (κ2) is 5.70. The molecule has 4 N–H and O–H groups in total. The molecule has 106 valence electrons.